The van der Waals surface area contributed by atoms with Gasteiger partial charge in [-0.25, -0.2) is 9.97 Å². The number of nitrogens with zero attached hydrogens (tertiary/aromatic N) is 2. The van der Waals surface area contributed by atoms with Gasteiger partial charge >= 0.3 is 0 Å². The molecule has 0 spiro atoms. The van der Waals surface area contributed by atoms with Crippen LogP contribution in [0.2, 0.25) is 5.15 Å². The Bertz CT molecular complexity index is 1240. The first-order valence-corrected chi connectivity index (χ1v) is 9.46. The molecule has 0 aliphatic heterocycles. The SMILES string of the molecule is CCc1nc(Cl)cc(Nc2ccc(-c3cc(=O)c4cc(OC)ccc4o3)cc2)n1. The molecule has 4 rings (SSSR count). The van der Waals surface area contributed by atoms with E-state index in [1.165, 1.54) is 6.07 Å². The molecule has 2 aromatic carbocycles. The van der Waals surface area contributed by atoms with Crippen molar-refractivity contribution in [2.45, 2.75) is 13.3 Å². The molecule has 2 aromatic heterocycles. The summed E-state index contributed by atoms with van der Waals surface area (Å²) in [7, 11) is 1.56. The first-order valence-electron chi connectivity index (χ1n) is 9.08. The Labute approximate surface area is 172 Å². The van der Waals surface area contributed by atoms with Gasteiger partial charge in [-0.1, -0.05) is 18.5 Å². The number of aryl methyl sites for hydroxylation is 1. The largest absolute Gasteiger partial charge is 0.497 e. The van der Waals surface area contributed by atoms with Crippen molar-refractivity contribution in [1.82, 2.24) is 9.97 Å². The fourth-order valence-corrected chi connectivity index (χ4v) is 3.16. The van der Waals surface area contributed by atoms with E-state index >= 15 is 0 Å². The van der Waals surface area contributed by atoms with Gasteiger partial charge in [-0.2, -0.15) is 0 Å². The van der Waals surface area contributed by atoms with Crippen molar-refractivity contribution in [3.63, 3.8) is 0 Å². The molecule has 1 N–H and O–H groups in total. The average Bonchev–Trinajstić information content (AvgIpc) is 2.73. The number of ether oxygens (including phenoxy) is 1. The van der Waals surface area contributed by atoms with Crippen molar-refractivity contribution in [3.8, 4) is 17.1 Å². The molecule has 146 valence electrons. The number of hydrogen-bond acceptors (Lipinski definition) is 6. The number of hydrogen-bond donors (Lipinski definition) is 1. The fourth-order valence-electron chi connectivity index (χ4n) is 2.96. The molecule has 0 atom stereocenters. The van der Waals surface area contributed by atoms with E-state index in [9.17, 15) is 4.79 Å². The Morgan fingerprint density at radius 2 is 1.86 bits per heavy atom. The zero-order chi connectivity index (χ0) is 20.4. The molecule has 0 aliphatic carbocycles. The van der Waals surface area contributed by atoms with Gasteiger partial charge in [0.1, 0.15) is 33.9 Å². The molecule has 0 radical (unpaired) electrons. The maximum absolute atomic E-state index is 12.5. The monoisotopic (exact) mass is 407 g/mol. The second-order valence-corrected chi connectivity index (χ2v) is 6.77. The van der Waals surface area contributed by atoms with Crippen LogP contribution in [0.1, 0.15) is 12.7 Å². The number of halogens is 1. The maximum atomic E-state index is 12.5. The van der Waals surface area contributed by atoms with Crippen LogP contribution in [0.4, 0.5) is 11.5 Å². The number of aromatic nitrogens is 2. The van der Waals surface area contributed by atoms with Crippen LogP contribution >= 0.6 is 11.6 Å². The Balaban J connectivity index is 1.62. The van der Waals surface area contributed by atoms with Crippen molar-refractivity contribution in [2.24, 2.45) is 0 Å². The molecule has 0 saturated heterocycles. The van der Waals surface area contributed by atoms with Crippen LogP contribution in [-0.2, 0) is 6.42 Å². The minimum atomic E-state index is -0.120. The number of anilines is 2. The third-order valence-electron chi connectivity index (χ3n) is 4.43. The summed E-state index contributed by atoms with van der Waals surface area (Å²) in [5.74, 6) is 2.41. The Hall–Kier alpha value is -3.38. The third kappa shape index (κ3) is 4.07. The number of fused-ring (bicyclic) bond motifs is 1. The summed E-state index contributed by atoms with van der Waals surface area (Å²) in [4.78, 5) is 21.1. The van der Waals surface area contributed by atoms with Crippen LogP contribution in [0.3, 0.4) is 0 Å². The van der Waals surface area contributed by atoms with E-state index in [2.05, 4.69) is 15.3 Å². The van der Waals surface area contributed by atoms with Gasteiger partial charge in [0.15, 0.2) is 5.43 Å². The summed E-state index contributed by atoms with van der Waals surface area (Å²) in [6, 6.07) is 15.9. The van der Waals surface area contributed by atoms with Crippen LogP contribution in [0.5, 0.6) is 5.75 Å². The fraction of sp³-hybridized carbons (Fsp3) is 0.136. The van der Waals surface area contributed by atoms with Gasteiger partial charge in [0.25, 0.3) is 0 Å². The van der Waals surface area contributed by atoms with Crippen molar-refractivity contribution in [1.29, 1.82) is 0 Å². The average molecular weight is 408 g/mol. The molecule has 2 heterocycles. The Morgan fingerprint density at radius 3 is 2.59 bits per heavy atom. The standard InChI is InChI=1S/C22H18ClN3O3/c1-3-21-25-20(23)12-22(26-21)24-14-6-4-13(5-7-14)19-11-17(27)16-10-15(28-2)8-9-18(16)29-19/h4-12H,3H2,1-2H3,(H,24,25,26). The molecule has 7 heteroatoms. The van der Waals surface area contributed by atoms with Gasteiger partial charge in [-0.15, -0.1) is 0 Å². The summed E-state index contributed by atoms with van der Waals surface area (Å²) in [6.45, 7) is 1.97. The van der Waals surface area contributed by atoms with Crippen LogP contribution in [0, 0.1) is 0 Å². The molecule has 4 aromatic rings. The maximum Gasteiger partial charge on any atom is 0.193 e. The Morgan fingerprint density at radius 1 is 1.07 bits per heavy atom. The molecular weight excluding hydrogens is 390 g/mol. The number of rotatable bonds is 5. The van der Waals surface area contributed by atoms with Gasteiger partial charge in [0.05, 0.1) is 12.5 Å². The molecule has 0 unspecified atom stereocenters. The first-order chi connectivity index (χ1) is 14.1. The highest BCUT2D eigenvalue weighted by molar-refractivity contribution is 6.29. The van der Waals surface area contributed by atoms with E-state index in [0.29, 0.717) is 45.7 Å². The predicted molar refractivity (Wildman–Crippen MR) is 114 cm³/mol. The highest BCUT2D eigenvalue weighted by Gasteiger charge is 2.09. The zero-order valence-electron chi connectivity index (χ0n) is 15.9. The normalized spacial score (nSPS) is 10.9. The molecule has 0 saturated carbocycles. The van der Waals surface area contributed by atoms with E-state index in [-0.39, 0.29) is 5.43 Å². The summed E-state index contributed by atoms with van der Waals surface area (Å²) in [5.41, 5.74) is 2.02. The van der Waals surface area contributed by atoms with Gasteiger partial charge in [-0.05, 0) is 42.5 Å². The molecule has 0 aliphatic rings. The lowest BCUT2D eigenvalue weighted by molar-refractivity contribution is 0.415. The van der Waals surface area contributed by atoms with E-state index in [1.54, 1.807) is 31.4 Å². The predicted octanol–water partition coefficient (Wildman–Crippen LogP) is 5.22. The van der Waals surface area contributed by atoms with Gasteiger partial charge < -0.3 is 14.5 Å². The van der Waals surface area contributed by atoms with E-state index in [4.69, 9.17) is 20.8 Å². The smallest absolute Gasteiger partial charge is 0.193 e. The molecule has 0 fully saturated rings. The number of benzene rings is 2. The van der Waals surface area contributed by atoms with Crippen LogP contribution in [0.15, 0.2) is 63.8 Å². The minimum Gasteiger partial charge on any atom is -0.497 e. The van der Waals surface area contributed by atoms with Crippen molar-refractivity contribution < 1.29 is 9.15 Å². The van der Waals surface area contributed by atoms with Crippen molar-refractivity contribution in [2.75, 3.05) is 12.4 Å². The van der Waals surface area contributed by atoms with Crippen molar-refractivity contribution >= 4 is 34.1 Å². The second-order valence-electron chi connectivity index (χ2n) is 6.39. The summed E-state index contributed by atoms with van der Waals surface area (Å²) in [6.07, 6.45) is 0.695. The topological polar surface area (TPSA) is 77.2 Å². The number of methoxy groups -OCH3 is 1. The van der Waals surface area contributed by atoms with Crippen molar-refractivity contribution in [3.05, 3.63) is 75.8 Å². The summed E-state index contributed by atoms with van der Waals surface area (Å²) < 4.78 is 11.1. The third-order valence-corrected chi connectivity index (χ3v) is 4.63. The van der Waals surface area contributed by atoms with E-state index in [0.717, 1.165) is 11.3 Å². The quantitative estimate of drug-likeness (QED) is 0.457. The lowest BCUT2D eigenvalue weighted by atomic mass is 10.1. The molecule has 29 heavy (non-hydrogen) atoms. The van der Waals surface area contributed by atoms with Gasteiger partial charge in [0, 0.05) is 29.8 Å². The van der Waals surface area contributed by atoms with Gasteiger partial charge in [-0.3, -0.25) is 4.79 Å². The first kappa shape index (κ1) is 19.0. The second kappa shape index (κ2) is 7.93. The molecular formula is C22H18ClN3O3. The highest BCUT2D eigenvalue weighted by atomic mass is 35.5. The summed E-state index contributed by atoms with van der Waals surface area (Å²) >= 11 is 6.04. The minimum absolute atomic E-state index is 0.120. The number of nitrogens with one attached hydrogen (secondary N) is 1. The van der Waals surface area contributed by atoms with Crippen LogP contribution < -0.4 is 15.5 Å². The lowest BCUT2D eigenvalue weighted by Gasteiger charge is -2.09. The van der Waals surface area contributed by atoms with Crippen LogP contribution in [0.25, 0.3) is 22.3 Å². The zero-order valence-corrected chi connectivity index (χ0v) is 16.7. The highest BCUT2D eigenvalue weighted by Crippen LogP contribution is 2.26. The van der Waals surface area contributed by atoms with E-state index in [1.807, 2.05) is 31.2 Å². The Kier molecular flexibility index (Phi) is 5.18. The summed E-state index contributed by atoms with van der Waals surface area (Å²) in [5, 5.41) is 4.09. The van der Waals surface area contributed by atoms with Crippen LogP contribution in [-0.4, -0.2) is 17.1 Å². The molecule has 6 nitrogen and oxygen atoms in total. The van der Waals surface area contributed by atoms with Gasteiger partial charge in [0.2, 0.25) is 0 Å². The molecule has 0 amide bonds. The lowest BCUT2D eigenvalue weighted by Crippen LogP contribution is -2.01. The van der Waals surface area contributed by atoms with E-state index < -0.39 is 0 Å². The molecule has 0 bridgehead atoms.